The van der Waals surface area contributed by atoms with Crippen LogP contribution in [0.4, 0.5) is 11.9 Å². The van der Waals surface area contributed by atoms with Crippen molar-refractivity contribution < 1.29 is 4.74 Å². The minimum atomic E-state index is 0.224. The molecule has 2 aromatic heterocycles. The molecular weight excluding hydrogens is 280 g/mol. The molecule has 0 radical (unpaired) electrons. The SMILES string of the molecule is Nc1ncc(-c2cc(Cl)nc(N3CCOCC3)n2)cn1. The van der Waals surface area contributed by atoms with Gasteiger partial charge in [0.1, 0.15) is 5.15 Å². The van der Waals surface area contributed by atoms with Gasteiger partial charge in [-0.1, -0.05) is 11.6 Å². The quantitative estimate of drug-likeness (QED) is 0.826. The van der Waals surface area contributed by atoms with E-state index in [2.05, 4.69) is 19.9 Å². The maximum absolute atomic E-state index is 6.08. The molecule has 0 aliphatic carbocycles. The van der Waals surface area contributed by atoms with Gasteiger partial charge in [0.15, 0.2) is 0 Å². The predicted molar refractivity (Wildman–Crippen MR) is 75.5 cm³/mol. The number of nitrogens with zero attached hydrogens (tertiary/aromatic N) is 5. The molecule has 1 fully saturated rings. The van der Waals surface area contributed by atoms with Crippen molar-refractivity contribution in [1.82, 2.24) is 19.9 Å². The number of rotatable bonds is 2. The molecular formula is C12H13ClN6O. The van der Waals surface area contributed by atoms with Crippen molar-refractivity contribution in [2.24, 2.45) is 0 Å². The molecule has 0 amide bonds. The van der Waals surface area contributed by atoms with Crippen LogP contribution in [0.2, 0.25) is 5.15 Å². The molecule has 2 N–H and O–H groups in total. The summed E-state index contributed by atoms with van der Waals surface area (Å²) in [5, 5.41) is 0.383. The molecule has 1 saturated heterocycles. The zero-order valence-corrected chi connectivity index (χ0v) is 11.4. The second kappa shape index (κ2) is 5.56. The summed E-state index contributed by atoms with van der Waals surface area (Å²) < 4.78 is 5.32. The first-order chi connectivity index (χ1) is 9.72. The Labute approximate surface area is 120 Å². The third-order valence-corrected chi connectivity index (χ3v) is 3.14. The zero-order valence-electron chi connectivity index (χ0n) is 10.7. The fraction of sp³-hybridized carbons (Fsp3) is 0.333. The van der Waals surface area contributed by atoms with Crippen molar-refractivity contribution in [1.29, 1.82) is 0 Å². The number of morpholine rings is 1. The highest BCUT2D eigenvalue weighted by molar-refractivity contribution is 6.29. The van der Waals surface area contributed by atoms with Crippen LogP contribution in [0.3, 0.4) is 0 Å². The molecule has 20 heavy (non-hydrogen) atoms. The van der Waals surface area contributed by atoms with Crippen LogP contribution >= 0.6 is 11.6 Å². The van der Waals surface area contributed by atoms with Crippen LogP contribution in [0.5, 0.6) is 0 Å². The first-order valence-corrected chi connectivity index (χ1v) is 6.55. The van der Waals surface area contributed by atoms with Crippen LogP contribution in [-0.4, -0.2) is 46.2 Å². The molecule has 2 aromatic rings. The molecule has 8 heteroatoms. The van der Waals surface area contributed by atoms with Crippen molar-refractivity contribution in [3.05, 3.63) is 23.6 Å². The average molecular weight is 293 g/mol. The summed E-state index contributed by atoms with van der Waals surface area (Å²) >= 11 is 6.08. The van der Waals surface area contributed by atoms with Gasteiger partial charge in [-0.15, -0.1) is 0 Å². The van der Waals surface area contributed by atoms with Gasteiger partial charge in [0.25, 0.3) is 0 Å². The second-order valence-corrected chi connectivity index (χ2v) is 4.69. The van der Waals surface area contributed by atoms with Crippen molar-refractivity contribution in [3.63, 3.8) is 0 Å². The summed E-state index contributed by atoms with van der Waals surface area (Å²) in [6.45, 7) is 2.82. The number of hydrogen-bond donors (Lipinski definition) is 1. The van der Waals surface area contributed by atoms with Crippen LogP contribution in [0.15, 0.2) is 18.5 Å². The lowest BCUT2D eigenvalue weighted by molar-refractivity contribution is 0.122. The topological polar surface area (TPSA) is 90.0 Å². The van der Waals surface area contributed by atoms with Gasteiger partial charge in [0.05, 0.1) is 18.9 Å². The van der Waals surface area contributed by atoms with E-state index in [4.69, 9.17) is 22.1 Å². The lowest BCUT2D eigenvalue weighted by Gasteiger charge is -2.27. The third kappa shape index (κ3) is 2.78. The van der Waals surface area contributed by atoms with Gasteiger partial charge >= 0.3 is 0 Å². The predicted octanol–water partition coefficient (Wildman–Crippen LogP) is 1.01. The first kappa shape index (κ1) is 13.0. The summed E-state index contributed by atoms with van der Waals surface area (Å²) in [7, 11) is 0. The Bertz CT molecular complexity index is 599. The van der Waals surface area contributed by atoms with Crippen LogP contribution in [0.1, 0.15) is 0 Å². The van der Waals surface area contributed by atoms with E-state index in [9.17, 15) is 0 Å². The molecule has 0 unspecified atom stereocenters. The van der Waals surface area contributed by atoms with Gasteiger partial charge in [-0.2, -0.15) is 0 Å². The van der Waals surface area contributed by atoms with Crippen molar-refractivity contribution in [3.8, 4) is 11.3 Å². The Morgan fingerprint density at radius 1 is 1.15 bits per heavy atom. The monoisotopic (exact) mass is 292 g/mol. The van der Waals surface area contributed by atoms with E-state index in [-0.39, 0.29) is 5.95 Å². The number of ether oxygens (including phenoxy) is 1. The third-order valence-electron chi connectivity index (χ3n) is 2.94. The van der Waals surface area contributed by atoms with Crippen molar-refractivity contribution >= 4 is 23.5 Å². The molecule has 0 atom stereocenters. The van der Waals surface area contributed by atoms with Crippen molar-refractivity contribution in [2.45, 2.75) is 0 Å². The zero-order chi connectivity index (χ0) is 13.9. The molecule has 3 heterocycles. The van der Waals surface area contributed by atoms with E-state index in [0.717, 1.165) is 18.7 Å². The highest BCUT2D eigenvalue weighted by Gasteiger charge is 2.16. The molecule has 0 spiro atoms. The minimum Gasteiger partial charge on any atom is -0.378 e. The van der Waals surface area contributed by atoms with Crippen molar-refractivity contribution in [2.75, 3.05) is 36.9 Å². The van der Waals surface area contributed by atoms with E-state index in [1.807, 2.05) is 4.90 Å². The number of nitrogen functional groups attached to an aromatic ring is 1. The van der Waals surface area contributed by atoms with E-state index in [1.165, 1.54) is 0 Å². The maximum Gasteiger partial charge on any atom is 0.227 e. The molecule has 1 aliphatic rings. The second-order valence-electron chi connectivity index (χ2n) is 4.31. The van der Waals surface area contributed by atoms with E-state index in [0.29, 0.717) is 30.0 Å². The summed E-state index contributed by atoms with van der Waals surface area (Å²) in [5.41, 5.74) is 6.90. The minimum absolute atomic E-state index is 0.224. The van der Waals surface area contributed by atoms with Crippen LogP contribution < -0.4 is 10.6 Å². The normalized spacial score (nSPS) is 15.3. The Morgan fingerprint density at radius 2 is 1.85 bits per heavy atom. The van der Waals surface area contributed by atoms with Crippen LogP contribution in [-0.2, 0) is 4.74 Å². The smallest absolute Gasteiger partial charge is 0.227 e. The molecule has 1 aliphatic heterocycles. The number of halogens is 1. The lowest BCUT2D eigenvalue weighted by Crippen LogP contribution is -2.37. The highest BCUT2D eigenvalue weighted by atomic mass is 35.5. The Morgan fingerprint density at radius 3 is 2.55 bits per heavy atom. The standard InChI is InChI=1S/C12H13ClN6O/c13-10-5-9(8-6-15-11(14)16-7-8)17-12(18-10)19-1-3-20-4-2-19/h5-7H,1-4H2,(H2,14,15,16). The number of anilines is 2. The van der Waals surface area contributed by atoms with Crippen LogP contribution in [0.25, 0.3) is 11.3 Å². The Kier molecular flexibility index (Phi) is 3.62. The largest absolute Gasteiger partial charge is 0.378 e. The number of aromatic nitrogens is 4. The summed E-state index contributed by atoms with van der Waals surface area (Å²) in [6, 6.07) is 1.68. The molecule has 7 nitrogen and oxygen atoms in total. The molecule has 0 aromatic carbocycles. The van der Waals surface area contributed by atoms with Gasteiger partial charge < -0.3 is 15.4 Å². The fourth-order valence-corrected chi connectivity index (χ4v) is 2.11. The summed E-state index contributed by atoms with van der Waals surface area (Å²) in [6.07, 6.45) is 3.23. The lowest BCUT2D eigenvalue weighted by atomic mass is 10.2. The first-order valence-electron chi connectivity index (χ1n) is 6.17. The summed E-state index contributed by atoms with van der Waals surface area (Å²) in [5.74, 6) is 0.815. The number of hydrogen-bond acceptors (Lipinski definition) is 7. The van der Waals surface area contributed by atoms with E-state index in [1.54, 1.807) is 18.5 Å². The van der Waals surface area contributed by atoms with Gasteiger partial charge in [0.2, 0.25) is 11.9 Å². The number of nitrogens with two attached hydrogens (primary N) is 1. The van der Waals surface area contributed by atoms with Gasteiger partial charge in [-0.25, -0.2) is 19.9 Å². The molecule has 3 rings (SSSR count). The Balaban J connectivity index is 1.95. The Hall–Kier alpha value is -1.99. The van der Waals surface area contributed by atoms with Crippen LogP contribution in [0, 0.1) is 0 Å². The summed E-state index contributed by atoms with van der Waals surface area (Å²) in [4.78, 5) is 18.7. The average Bonchev–Trinajstić information content (AvgIpc) is 2.48. The van der Waals surface area contributed by atoms with Gasteiger partial charge in [-0.3, -0.25) is 0 Å². The maximum atomic E-state index is 6.08. The molecule has 0 bridgehead atoms. The fourth-order valence-electron chi connectivity index (χ4n) is 1.93. The van der Waals surface area contributed by atoms with Gasteiger partial charge in [0, 0.05) is 37.1 Å². The molecule has 0 saturated carbocycles. The molecule has 104 valence electrons. The van der Waals surface area contributed by atoms with E-state index >= 15 is 0 Å². The van der Waals surface area contributed by atoms with Gasteiger partial charge in [-0.05, 0) is 0 Å². The highest BCUT2D eigenvalue weighted by Crippen LogP contribution is 2.22. The van der Waals surface area contributed by atoms with E-state index < -0.39 is 0 Å².